The number of hydrogen-bond acceptors (Lipinski definition) is 4. The molecule has 0 amide bonds. The molecule has 0 saturated heterocycles. The highest BCUT2D eigenvalue weighted by atomic mass is 32.2. The quantitative estimate of drug-likeness (QED) is 0.922. The number of rotatable bonds is 4. The number of nitrogens with one attached hydrogen (secondary N) is 1. The molecule has 1 saturated carbocycles. The van der Waals surface area contributed by atoms with E-state index in [-0.39, 0.29) is 16.6 Å². The molecule has 2 rings (SSSR count). The summed E-state index contributed by atoms with van der Waals surface area (Å²) in [7, 11) is -3.53. The molecule has 6 heteroatoms. The molecule has 0 aliphatic heterocycles. The first-order valence-corrected chi connectivity index (χ1v) is 8.42. The molecule has 1 aromatic heterocycles. The molecule has 0 bridgehead atoms. The molecule has 1 aliphatic carbocycles. The van der Waals surface area contributed by atoms with Crippen LogP contribution < -0.4 is 4.72 Å². The first kappa shape index (κ1) is 14.9. The van der Waals surface area contributed by atoms with Crippen molar-refractivity contribution >= 4 is 10.0 Å². The highest BCUT2D eigenvalue weighted by Crippen LogP contribution is 2.27. The topological polar surface area (TPSA) is 82.9 Å². The number of pyridine rings is 1. The Morgan fingerprint density at radius 2 is 2.05 bits per heavy atom. The van der Waals surface area contributed by atoms with Crippen molar-refractivity contribution in [2.75, 3.05) is 0 Å². The molecule has 0 radical (unpaired) electrons. The normalized spacial score (nSPS) is 23.2. The largest absolute Gasteiger partial charge is 0.244 e. The first-order valence-electron chi connectivity index (χ1n) is 6.93. The average molecular weight is 293 g/mol. The van der Waals surface area contributed by atoms with Gasteiger partial charge in [0.05, 0.1) is 0 Å². The Morgan fingerprint density at radius 1 is 1.35 bits per heavy atom. The summed E-state index contributed by atoms with van der Waals surface area (Å²) in [6, 6.07) is 4.73. The van der Waals surface area contributed by atoms with E-state index in [1.807, 2.05) is 6.07 Å². The Hall–Kier alpha value is -1.45. The Labute approximate surface area is 120 Å². The third-order valence-electron chi connectivity index (χ3n) is 3.91. The predicted molar refractivity (Wildman–Crippen MR) is 75.3 cm³/mol. The van der Waals surface area contributed by atoms with Crippen molar-refractivity contribution in [2.24, 2.45) is 5.92 Å². The minimum atomic E-state index is -3.53. The molecule has 20 heavy (non-hydrogen) atoms. The van der Waals surface area contributed by atoms with Gasteiger partial charge in [0.2, 0.25) is 10.0 Å². The molecular formula is C14H19N3O2S. The van der Waals surface area contributed by atoms with Crippen LogP contribution in [-0.4, -0.2) is 19.4 Å². The number of nitriles is 1. The van der Waals surface area contributed by atoms with Gasteiger partial charge in [-0.15, -0.1) is 0 Å². The van der Waals surface area contributed by atoms with Gasteiger partial charge in [-0.25, -0.2) is 18.1 Å². The molecule has 0 aromatic carbocycles. The van der Waals surface area contributed by atoms with E-state index in [1.165, 1.54) is 24.8 Å². The molecule has 0 unspecified atom stereocenters. The summed E-state index contributed by atoms with van der Waals surface area (Å²) in [5.74, 6) is 0.729. The van der Waals surface area contributed by atoms with Gasteiger partial charge in [-0.1, -0.05) is 13.3 Å². The van der Waals surface area contributed by atoms with Crippen LogP contribution in [0.4, 0.5) is 0 Å². The maximum atomic E-state index is 12.2. The van der Waals surface area contributed by atoms with E-state index in [1.54, 1.807) is 0 Å². The van der Waals surface area contributed by atoms with E-state index in [0.29, 0.717) is 0 Å². The van der Waals surface area contributed by atoms with Gasteiger partial charge in [0.25, 0.3) is 0 Å². The van der Waals surface area contributed by atoms with Gasteiger partial charge < -0.3 is 0 Å². The van der Waals surface area contributed by atoms with E-state index in [9.17, 15) is 8.42 Å². The van der Waals surface area contributed by atoms with Gasteiger partial charge in [-0.3, -0.25) is 0 Å². The molecule has 1 aromatic rings. The molecule has 0 spiro atoms. The van der Waals surface area contributed by atoms with Crippen molar-refractivity contribution in [2.45, 2.75) is 50.0 Å². The van der Waals surface area contributed by atoms with E-state index in [0.717, 1.165) is 31.6 Å². The van der Waals surface area contributed by atoms with Crippen molar-refractivity contribution < 1.29 is 8.42 Å². The monoisotopic (exact) mass is 293 g/mol. The zero-order valence-electron chi connectivity index (χ0n) is 11.5. The van der Waals surface area contributed by atoms with E-state index in [2.05, 4.69) is 16.6 Å². The fourth-order valence-electron chi connectivity index (χ4n) is 2.58. The molecule has 5 nitrogen and oxygen atoms in total. The minimum Gasteiger partial charge on any atom is -0.244 e. The molecule has 108 valence electrons. The van der Waals surface area contributed by atoms with Crippen LogP contribution in [0.2, 0.25) is 0 Å². The SMILES string of the molecule is CCC1CCC(NS(=O)(=O)c2ccc(C#N)nc2)CC1. The van der Waals surface area contributed by atoms with Crippen LogP contribution >= 0.6 is 0 Å². The van der Waals surface area contributed by atoms with Crippen LogP contribution in [0, 0.1) is 17.2 Å². The van der Waals surface area contributed by atoms with Crippen molar-refractivity contribution in [3.8, 4) is 6.07 Å². The van der Waals surface area contributed by atoms with Crippen LogP contribution in [0.5, 0.6) is 0 Å². The van der Waals surface area contributed by atoms with E-state index in [4.69, 9.17) is 5.26 Å². The van der Waals surface area contributed by atoms with E-state index >= 15 is 0 Å². The van der Waals surface area contributed by atoms with Crippen molar-refractivity contribution in [3.63, 3.8) is 0 Å². The smallest absolute Gasteiger partial charge is 0.242 e. The second kappa shape index (κ2) is 6.33. The summed E-state index contributed by atoms with van der Waals surface area (Å²) < 4.78 is 27.2. The van der Waals surface area contributed by atoms with E-state index < -0.39 is 10.0 Å². The Morgan fingerprint density at radius 3 is 2.55 bits per heavy atom. The third-order valence-corrected chi connectivity index (χ3v) is 5.41. The van der Waals surface area contributed by atoms with Crippen LogP contribution in [0.25, 0.3) is 0 Å². The highest BCUT2D eigenvalue weighted by molar-refractivity contribution is 7.89. The molecule has 1 heterocycles. The van der Waals surface area contributed by atoms with Crippen molar-refractivity contribution in [1.29, 1.82) is 5.26 Å². The second-order valence-electron chi connectivity index (χ2n) is 5.24. The lowest BCUT2D eigenvalue weighted by Gasteiger charge is -2.28. The fourth-order valence-corrected chi connectivity index (χ4v) is 3.83. The lowest BCUT2D eigenvalue weighted by molar-refractivity contribution is 0.306. The van der Waals surface area contributed by atoms with Gasteiger partial charge in [-0.05, 0) is 43.7 Å². The van der Waals surface area contributed by atoms with Crippen LogP contribution in [0.1, 0.15) is 44.7 Å². The van der Waals surface area contributed by atoms with Crippen LogP contribution in [0.15, 0.2) is 23.2 Å². The zero-order valence-corrected chi connectivity index (χ0v) is 12.4. The summed E-state index contributed by atoms with van der Waals surface area (Å²) in [6.45, 7) is 2.18. The highest BCUT2D eigenvalue weighted by Gasteiger charge is 2.25. The summed E-state index contributed by atoms with van der Waals surface area (Å²) in [5.41, 5.74) is 0.215. The number of nitrogens with zero attached hydrogens (tertiary/aromatic N) is 2. The number of sulfonamides is 1. The van der Waals surface area contributed by atoms with Crippen LogP contribution in [-0.2, 0) is 10.0 Å². The molecule has 1 fully saturated rings. The standard InChI is InChI=1S/C14H19N3O2S/c1-2-11-3-5-12(6-4-11)17-20(18,19)14-8-7-13(9-15)16-10-14/h7-8,10-12,17H,2-6H2,1H3. The van der Waals surface area contributed by atoms with Gasteiger partial charge in [0.1, 0.15) is 16.7 Å². The third kappa shape index (κ3) is 3.56. The maximum absolute atomic E-state index is 12.2. The Balaban J connectivity index is 2.02. The average Bonchev–Trinajstić information content (AvgIpc) is 2.48. The lowest BCUT2D eigenvalue weighted by atomic mass is 9.85. The summed E-state index contributed by atoms with van der Waals surface area (Å²) >= 11 is 0. The first-order chi connectivity index (χ1) is 9.55. The molecule has 1 aliphatic rings. The van der Waals surface area contributed by atoms with Gasteiger partial charge in [-0.2, -0.15) is 5.26 Å². The zero-order chi connectivity index (χ0) is 14.6. The minimum absolute atomic E-state index is 0.0124. The van der Waals surface area contributed by atoms with Crippen LogP contribution in [0.3, 0.4) is 0 Å². The summed E-state index contributed by atoms with van der Waals surface area (Å²) in [5, 5.41) is 8.66. The molecule has 0 atom stereocenters. The summed E-state index contributed by atoms with van der Waals surface area (Å²) in [4.78, 5) is 3.92. The van der Waals surface area contributed by atoms with Gasteiger partial charge in [0, 0.05) is 12.2 Å². The molecular weight excluding hydrogens is 274 g/mol. The maximum Gasteiger partial charge on any atom is 0.242 e. The van der Waals surface area contributed by atoms with Crippen molar-refractivity contribution in [3.05, 3.63) is 24.0 Å². The second-order valence-corrected chi connectivity index (χ2v) is 6.95. The summed E-state index contributed by atoms with van der Waals surface area (Å²) in [6.07, 6.45) is 6.34. The molecule has 1 N–H and O–H groups in total. The fraction of sp³-hybridized carbons (Fsp3) is 0.571. The predicted octanol–water partition coefficient (Wildman–Crippen LogP) is 2.20. The Kier molecular flexibility index (Phi) is 4.73. The van der Waals surface area contributed by atoms with Gasteiger partial charge >= 0.3 is 0 Å². The van der Waals surface area contributed by atoms with Gasteiger partial charge in [0.15, 0.2) is 0 Å². The number of hydrogen-bond donors (Lipinski definition) is 1. The lowest BCUT2D eigenvalue weighted by Crippen LogP contribution is -2.37. The van der Waals surface area contributed by atoms with Crippen molar-refractivity contribution in [1.82, 2.24) is 9.71 Å². The number of aromatic nitrogens is 1. The Bertz CT molecular complexity index is 582.